The molecule has 160 valence electrons. The van der Waals surface area contributed by atoms with Crippen LogP contribution >= 0.6 is 0 Å². The zero-order chi connectivity index (χ0) is 21.2. The molecule has 3 heterocycles. The van der Waals surface area contributed by atoms with Crippen molar-refractivity contribution in [3.8, 4) is 17.0 Å². The number of rotatable bonds is 4. The minimum absolute atomic E-state index is 0.207. The normalized spacial score (nSPS) is 19.9. The first-order valence-corrected chi connectivity index (χ1v) is 11.0. The van der Waals surface area contributed by atoms with Gasteiger partial charge >= 0.3 is 0 Å². The molecular formula is C25H28N4O2. The number of aromatic hydroxyl groups is 1. The minimum atomic E-state index is 0.207. The number of benzene rings is 2. The molecule has 1 atom stereocenters. The van der Waals surface area contributed by atoms with E-state index in [0.29, 0.717) is 23.9 Å². The lowest BCUT2D eigenvalue weighted by Crippen LogP contribution is -2.40. The molecular weight excluding hydrogens is 388 g/mol. The molecule has 3 aromatic rings. The largest absolute Gasteiger partial charge is 0.507 e. The second kappa shape index (κ2) is 8.65. The minimum Gasteiger partial charge on any atom is -0.507 e. The molecule has 5 rings (SSSR count). The third kappa shape index (κ3) is 4.13. The van der Waals surface area contributed by atoms with E-state index in [1.54, 1.807) is 6.07 Å². The third-order valence-corrected chi connectivity index (χ3v) is 6.19. The van der Waals surface area contributed by atoms with E-state index >= 15 is 0 Å². The predicted molar refractivity (Wildman–Crippen MR) is 124 cm³/mol. The van der Waals surface area contributed by atoms with Crippen LogP contribution in [0.5, 0.6) is 5.75 Å². The number of phenols is 1. The van der Waals surface area contributed by atoms with Gasteiger partial charge in [0.25, 0.3) is 0 Å². The summed E-state index contributed by atoms with van der Waals surface area (Å²) in [6.07, 6.45) is 5.39. The molecule has 1 saturated heterocycles. The number of hydrogen-bond donors (Lipinski definition) is 2. The van der Waals surface area contributed by atoms with Crippen LogP contribution in [0.15, 0.2) is 48.5 Å². The lowest BCUT2D eigenvalue weighted by Gasteiger charge is -2.30. The number of nitrogens with zero attached hydrogens (tertiary/aromatic N) is 3. The van der Waals surface area contributed by atoms with Gasteiger partial charge in [0, 0.05) is 28.9 Å². The number of phenolic OH excluding ortho intramolecular Hbond substituents is 1. The molecule has 1 aromatic heterocycles. The van der Waals surface area contributed by atoms with Crippen LogP contribution in [0.25, 0.3) is 27.6 Å². The Labute approximate surface area is 182 Å². The van der Waals surface area contributed by atoms with Gasteiger partial charge in [0.2, 0.25) is 0 Å². The van der Waals surface area contributed by atoms with Crippen LogP contribution in [-0.4, -0.2) is 59.6 Å². The third-order valence-electron chi connectivity index (χ3n) is 6.19. The first kappa shape index (κ1) is 20.0. The van der Waals surface area contributed by atoms with Gasteiger partial charge in [0.1, 0.15) is 11.4 Å². The SMILES string of the molecule is CN1CCC[C@@H](Nc2nnc(-c3ccc(C4=CCCOC4)cc3O)c3ccccc23)C1. The van der Waals surface area contributed by atoms with Gasteiger partial charge in [-0.2, -0.15) is 0 Å². The van der Waals surface area contributed by atoms with E-state index in [0.717, 1.165) is 60.3 Å². The van der Waals surface area contributed by atoms with Crippen molar-refractivity contribution in [3.63, 3.8) is 0 Å². The van der Waals surface area contributed by atoms with E-state index in [1.807, 2.05) is 30.3 Å². The topological polar surface area (TPSA) is 70.5 Å². The Morgan fingerprint density at radius 1 is 1.13 bits per heavy atom. The Morgan fingerprint density at radius 2 is 2.00 bits per heavy atom. The summed E-state index contributed by atoms with van der Waals surface area (Å²) in [4.78, 5) is 2.34. The molecule has 2 aromatic carbocycles. The molecule has 0 saturated carbocycles. The average Bonchev–Trinajstić information content (AvgIpc) is 2.80. The van der Waals surface area contributed by atoms with E-state index in [2.05, 4.69) is 39.6 Å². The first-order valence-electron chi connectivity index (χ1n) is 11.0. The number of anilines is 1. The quantitative estimate of drug-likeness (QED) is 0.660. The summed E-state index contributed by atoms with van der Waals surface area (Å²) in [7, 11) is 2.16. The lowest BCUT2D eigenvalue weighted by atomic mass is 9.98. The molecule has 0 radical (unpaired) electrons. The molecule has 6 nitrogen and oxygen atoms in total. The number of ether oxygens (including phenoxy) is 1. The molecule has 31 heavy (non-hydrogen) atoms. The highest BCUT2D eigenvalue weighted by molar-refractivity contribution is 6.01. The van der Waals surface area contributed by atoms with Gasteiger partial charge in [-0.3, -0.25) is 0 Å². The molecule has 2 N–H and O–H groups in total. The molecule has 1 fully saturated rings. The van der Waals surface area contributed by atoms with Crippen LogP contribution in [0.2, 0.25) is 0 Å². The van der Waals surface area contributed by atoms with Gasteiger partial charge in [0.05, 0.1) is 13.2 Å². The number of hydrogen-bond acceptors (Lipinski definition) is 6. The fraction of sp³-hybridized carbons (Fsp3) is 0.360. The summed E-state index contributed by atoms with van der Waals surface area (Å²) >= 11 is 0. The summed E-state index contributed by atoms with van der Waals surface area (Å²) in [6.45, 7) is 3.48. The van der Waals surface area contributed by atoms with Crippen LogP contribution in [0.3, 0.4) is 0 Å². The molecule has 0 aliphatic carbocycles. The zero-order valence-electron chi connectivity index (χ0n) is 17.8. The van der Waals surface area contributed by atoms with Crippen LogP contribution in [0.1, 0.15) is 24.8 Å². The van der Waals surface area contributed by atoms with Gasteiger partial charge in [0.15, 0.2) is 5.82 Å². The van der Waals surface area contributed by atoms with Crippen LogP contribution < -0.4 is 5.32 Å². The maximum Gasteiger partial charge on any atom is 0.156 e. The van der Waals surface area contributed by atoms with E-state index in [1.165, 1.54) is 6.42 Å². The Balaban J connectivity index is 1.50. The fourth-order valence-corrected chi connectivity index (χ4v) is 4.58. The zero-order valence-corrected chi connectivity index (χ0v) is 17.8. The highest BCUT2D eigenvalue weighted by Gasteiger charge is 2.20. The van der Waals surface area contributed by atoms with Crippen molar-refractivity contribution < 1.29 is 9.84 Å². The summed E-state index contributed by atoms with van der Waals surface area (Å²) in [5, 5.41) is 25.5. The summed E-state index contributed by atoms with van der Waals surface area (Å²) in [6, 6.07) is 14.2. The average molecular weight is 417 g/mol. The van der Waals surface area contributed by atoms with Gasteiger partial charge < -0.3 is 20.1 Å². The number of nitrogens with one attached hydrogen (secondary N) is 1. The summed E-state index contributed by atoms with van der Waals surface area (Å²) in [5.41, 5.74) is 3.48. The molecule has 2 aliphatic rings. The van der Waals surface area contributed by atoms with Gasteiger partial charge in [-0.05, 0) is 56.1 Å². The second-order valence-corrected chi connectivity index (χ2v) is 8.49. The van der Waals surface area contributed by atoms with Crippen molar-refractivity contribution in [3.05, 3.63) is 54.1 Å². The number of piperidine rings is 1. The van der Waals surface area contributed by atoms with E-state index < -0.39 is 0 Å². The molecule has 0 spiro atoms. The number of aromatic nitrogens is 2. The van der Waals surface area contributed by atoms with Crippen molar-refractivity contribution in [2.75, 3.05) is 38.7 Å². The predicted octanol–water partition coefficient (Wildman–Crippen LogP) is 4.31. The number of likely N-dealkylation sites (tertiary alicyclic amines) is 1. The Morgan fingerprint density at radius 3 is 2.77 bits per heavy atom. The standard InChI is InChI=1S/C25H28N4O2/c1-29-12-4-7-19(15-29)26-25-21-9-3-2-8-20(21)24(27-28-25)22-11-10-17(14-23(22)30)18-6-5-13-31-16-18/h2-3,6,8-11,14,19,30H,4-5,7,12-13,15-16H2,1H3,(H,26,28)/t19-/m1/s1. The summed E-state index contributed by atoms with van der Waals surface area (Å²) < 4.78 is 5.55. The van der Waals surface area contributed by atoms with Gasteiger partial charge in [-0.15, -0.1) is 10.2 Å². The Kier molecular flexibility index (Phi) is 5.57. The van der Waals surface area contributed by atoms with Gasteiger partial charge in [-0.25, -0.2) is 0 Å². The lowest BCUT2D eigenvalue weighted by molar-refractivity contribution is 0.164. The molecule has 2 aliphatic heterocycles. The van der Waals surface area contributed by atoms with Crippen molar-refractivity contribution in [1.82, 2.24) is 15.1 Å². The Hall–Kier alpha value is -2.96. The molecule has 0 amide bonds. The van der Waals surface area contributed by atoms with Crippen molar-refractivity contribution in [1.29, 1.82) is 0 Å². The highest BCUT2D eigenvalue weighted by atomic mass is 16.5. The maximum absolute atomic E-state index is 10.8. The monoisotopic (exact) mass is 416 g/mol. The maximum atomic E-state index is 10.8. The fourth-order valence-electron chi connectivity index (χ4n) is 4.58. The molecule has 0 bridgehead atoms. The number of fused-ring (bicyclic) bond motifs is 1. The Bertz CT molecular complexity index is 1130. The van der Waals surface area contributed by atoms with Crippen molar-refractivity contribution in [2.24, 2.45) is 0 Å². The van der Waals surface area contributed by atoms with Crippen LogP contribution in [-0.2, 0) is 4.74 Å². The smallest absolute Gasteiger partial charge is 0.156 e. The van der Waals surface area contributed by atoms with Gasteiger partial charge in [-0.1, -0.05) is 36.4 Å². The number of likely N-dealkylation sites (N-methyl/N-ethyl adjacent to an activating group) is 1. The first-order chi connectivity index (χ1) is 15.2. The van der Waals surface area contributed by atoms with E-state index in [-0.39, 0.29) is 5.75 Å². The van der Waals surface area contributed by atoms with Crippen LogP contribution in [0.4, 0.5) is 5.82 Å². The van der Waals surface area contributed by atoms with Crippen molar-refractivity contribution in [2.45, 2.75) is 25.3 Å². The highest BCUT2D eigenvalue weighted by Crippen LogP contribution is 2.36. The van der Waals surface area contributed by atoms with E-state index in [4.69, 9.17) is 4.74 Å². The summed E-state index contributed by atoms with van der Waals surface area (Å²) in [5.74, 6) is 1.01. The van der Waals surface area contributed by atoms with Crippen LogP contribution in [0, 0.1) is 0 Å². The molecule has 0 unspecified atom stereocenters. The van der Waals surface area contributed by atoms with E-state index in [9.17, 15) is 5.11 Å². The molecule has 6 heteroatoms. The van der Waals surface area contributed by atoms with Crippen molar-refractivity contribution >= 4 is 22.2 Å². The second-order valence-electron chi connectivity index (χ2n) is 8.49.